The molecular formula is C6H7Cl2Zr. The molecule has 0 nitrogen and oxygen atoms in total. The summed E-state index contributed by atoms with van der Waals surface area (Å²) in [5.41, 5.74) is 0. The summed E-state index contributed by atoms with van der Waals surface area (Å²) in [4.78, 5) is 0. The molecule has 3 heteroatoms. The van der Waals surface area contributed by atoms with Gasteiger partial charge in [-0.25, -0.2) is 0 Å². The van der Waals surface area contributed by atoms with Crippen molar-refractivity contribution in [2.75, 3.05) is 0 Å². The fraction of sp³-hybridized carbons (Fsp3) is 0.333. The molecule has 0 spiro atoms. The molecule has 0 N–H and O–H groups in total. The van der Waals surface area contributed by atoms with Crippen LogP contribution in [0.25, 0.3) is 0 Å². The normalized spacial score (nSPS) is 17.1. The maximum atomic E-state index is 5.75. The van der Waals surface area contributed by atoms with E-state index in [1.54, 1.807) is 0 Å². The molecule has 0 amide bonds. The SMILES string of the molecule is [Cl][Zr]([Cl])[CH2]C1C=CC=C1. The molecule has 49 valence electrons. The molecule has 0 unspecified atom stereocenters. The molecule has 0 radical (unpaired) electrons. The summed E-state index contributed by atoms with van der Waals surface area (Å²) in [7, 11) is 11.5. The molecule has 0 aromatic heterocycles. The number of hydrogen-bond acceptors (Lipinski definition) is 0. The van der Waals surface area contributed by atoms with Crippen LogP contribution < -0.4 is 0 Å². The zero-order valence-corrected chi connectivity index (χ0v) is 8.82. The summed E-state index contributed by atoms with van der Waals surface area (Å²) in [6.45, 7) is 0. The quantitative estimate of drug-likeness (QED) is 0.697. The van der Waals surface area contributed by atoms with Crippen molar-refractivity contribution in [1.29, 1.82) is 0 Å². The van der Waals surface area contributed by atoms with Crippen LogP contribution in [0.2, 0.25) is 4.13 Å². The molecule has 1 rings (SSSR count). The summed E-state index contributed by atoms with van der Waals surface area (Å²) in [5.74, 6) is 0.550. The maximum absolute atomic E-state index is 5.75. The van der Waals surface area contributed by atoms with E-state index < -0.39 is 19.4 Å². The Balaban J connectivity index is 2.29. The standard InChI is InChI=1S/C6H7.2ClH.Zr/c1-6-4-2-3-5-6;;;/h2-6H,1H2;2*1H;/q;;;+2/p-2. The third-order valence-corrected chi connectivity index (χ3v) is 4.96. The summed E-state index contributed by atoms with van der Waals surface area (Å²) < 4.78 is 1.03. The van der Waals surface area contributed by atoms with E-state index in [4.69, 9.17) is 17.0 Å². The van der Waals surface area contributed by atoms with Gasteiger partial charge in [0.2, 0.25) is 0 Å². The third kappa shape index (κ3) is 3.02. The second-order valence-corrected chi connectivity index (χ2v) is 11.2. The Kier molecular flexibility index (Phi) is 3.54. The number of hydrogen-bond donors (Lipinski definition) is 0. The Labute approximate surface area is 70.3 Å². The zero-order valence-electron chi connectivity index (χ0n) is 4.85. The number of rotatable bonds is 2. The zero-order chi connectivity index (χ0) is 6.69. The first-order valence-electron chi connectivity index (χ1n) is 2.81. The minimum absolute atomic E-state index is 0.550. The van der Waals surface area contributed by atoms with Crippen LogP contribution in [0.5, 0.6) is 0 Å². The van der Waals surface area contributed by atoms with E-state index in [1.807, 2.05) is 12.2 Å². The molecule has 0 heterocycles. The Morgan fingerprint density at radius 3 is 2.22 bits per heavy atom. The van der Waals surface area contributed by atoms with Crippen molar-refractivity contribution in [2.45, 2.75) is 4.13 Å². The third-order valence-electron chi connectivity index (χ3n) is 1.22. The predicted octanol–water partition coefficient (Wildman–Crippen LogP) is 3.07. The fourth-order valence-electron chi connectivity index (χ4n) is 0.792. The van der Waals surface area contributed by atoms with Crippen LogP contribution >= 0.6 is 17.0 Å². The molecule has 0 bridgehead atoms. The van der Waals surface area contributed by atoms with Crippen molar-refractivity contribution < 1.29 is 19.4 Å². The Morgan fingerprint density at radius 2 is 1.78 bits per heavy atom. The summed E-state index contributed by atoms with van der Waals surface area (Å²) in [5, 5.41) is 0. The first-order valence-corrected chi connectivity index (χ1v) is 10.9. The van der Waals surface area contributed by atoms with Gasteiger partial charge in [0.05, 0.1) is 0 Å². The van der Waals surface area contributed by atoms with Crippen LogP contribution in [0.1, 0.15) is 0 Å². The predicted molar refractivity (Wildman–Crippen MR) is 38.3 cm³/mol. The van der Waals surface area contributed by atoms with Crippen molar-refractivity contribution in [3.63, 3.8) is 0 Å². The van der Waals surface area contributed by atoms with Crippen molar-refractivity contribution in [3.05, 3.63) is 24.3 Å². The van der Waals surface area contributed by atoms with Crippen LogP contribution in [0.4, 0.5) is 0 Å². The monoisotopic (exact) mass is 239 g/mol. The summed E-state index contributed by atoms with van der Waals surface area (Å²) in [6.07, 6.45) is 8.38. The van der Waals surface area contributed by atoms with Crippen LogP contribution in [-0.4, -0.2) is 0 Å². The summed E-state index contributed by atoms with van der Waals surface area (Å²) in [6, 6.07) is 0. The first kappa shape index (κ1) is 8.04. The summed E-state index contributed by atoms with van der Waals surface area (Å²) >= 11 is -1.86. The van der Waals surface area contributed by atoms with E-state index in [1.165, 1.54) is 0 Å². The molecular weight excluding hydrogens is 234 g/mol. The number of allylic oxidation sites excluding steroid dienone is 4. The van der Waals surface area contributed by atoms with Gasteiger partial charge in [0.1, 0.15) is 0 Å². The van der Waals surface area contributed by atoms with Gasteiger partial charge in [-0.2, -0.15) is 0 Å². The second-order valence-electron chi connectivity index (χ2n) is 1.98. The molecule has 0 saturated heterocycles. The molecule has 0 saturated carbocycles. The Hall–Kier alpha value is 0.943. The van der Waals surface area contributed by atoms with Crippen LogP contribution in [0.3, 0.4) is 0 Å². The van der Waals surface area contributed by atoms with E-state index in [2.05, 4.69) is 12.2 Å². The van der Waals surface area contributed by atoms with Crippen LogP contribution in [0.15, 0.2) is 24.3 Å². The van der Waals surface area contributed by atoms with Gasteiger partial charge < -0.3 is 0 Å². The minimum atomic E-state index is -1.86. The molecule has 0 aromatic carbocycles. The molecule has 1 aliphatic carbocycles. The van der Waals surface area contributed by atoms with Crippen LogP contribution in [-0.2, 0) is 19.4 Å². The van der Waals surface area contributed by atoms with E-state index in [9.17, 15) is 0 Å². The van der Waals surface area contributed by atoms with Gasteiger partial charge in [0.15, 0.2) is 0 Å². The van der Waals surface area contributed by atoms with Crippen molar-refractivity contribution in [1.82, 2.24) is 0 Å². The Morgan fingerprint density at radius 1 is 1.22 bits per heavy atom. The molecule has 0 atom stereocenters. The van der Waals surface area contributed by atoms with Crippen molar-refractivity contribution in [2.24, 2.45) is 5.92 Å². The second kappa shape index (κ2) is 3.96. The molecule has 0 aliphatic heterocycles. The van der Waals surface area contributed by atoms with E-state index in [0.29, 0.717) is 5.92 Å². The van der Waals surface area contributed by atoms with E-state index in [-0.39, 0.29) is 0 Å². The van der Waals surface area contributed by atoms with Gasteiger partial charge in [-0.15, -0.1) is 0 Å². The van der Waals surface area contributed by atoms with Crippen molar-refractivity contribution >= 4 is 17.0 Å². The van der Waals surface area contributed by atoms with Gasteiger partial charge in [0.25, 0.3) is 0 Å². The molecule has 0 aromatic rings. The van der Waals surface area contributed by atoms with Crippen LogP contribution in [0, 0.1) is 5.92 Å². The van der Waals surface area contributed by atoms with Crippen molar-refractivity contribution in [3.8, 4) is 0 Å². The van der Waals surface area contributed by atoms with Gasteiger partial charge in [-0.1, -0.05) is 0 Å². The Bertz CT molecular complexity index is 128. The van der Waals surface area contributed by atoms with Gasteiger partial charge in [0, 0.05) is 0 Å². The fourth-order valence-corrected chi connectivity index (χ4v) is 4.45. The molecule has 1 aliphatic rings. The van der Waals surface area contributed by atoms with Gasteiger partial charge in [-0.3, -0.25) is 0 Å². The molecule has 0 fully saturated rings. The topological polar surface area (TPSA) is 0 Å². The van der Waals surface area contributed by atoms with E-state index >= 15 is 0 Å². The van der Waals surface area contributed by atoms with Gasteiger partial charge >= 0.3 is 70.7 Å². The first-order chi connectivity index (χ1) is 4.29. The average molecular weight is 241 g/mol. The molecule has 9 heavy (non-hydrogen) atoms. The van der Waals surface area contributed by atoms with Gasteiger partial charge in [-0.05, 0) is 0 Å². The number of halogens is 2. The van der Waals surface area contributed by atoms with E-state index in [0.717, 1.165) is 4.13 Å². The average Bonchev–Trinajstić information content (AvgIpc) is 2.15.